The lowest BCUT2D eigenvalue weighted by molar-refractivity contribution is -0.185. The quantitative estimate of drug-likeness (QED) is 0.0881. The number of carbonyl (C=O) groups is 5. The third kappa shape index (κ3) is 4.97. The number of fused-ring (bicyclic) bond motifs is 4. The molecule has 0 radical (unpaired) electrons. The topological polar surface area (TPSA) is 229 Å². The van der Waals surface area contributed by atoms with Crippen molar-refractivity contribution in [2.45, 2.75) is 73.6 Å². The van der Waals surface area contributed by atoms with Crippen LogP contribution in [-0.4, -0.2) is 110 Å². The van der Waals surface area contributed by atoms with Gasteiger partial charge in [0.2, 0.25) is 5.78 Å². The van der Waals surface area contributed by atoms with Gasteiger partial charge in [0.15, 0.2) is 11.4 Å². The van der Waals surface area contributed by atoms with Crippen LogP contribution in [0.5, 0.6) is 5.75 Å². The first-order valence-electron chi connectivity index (χ1n) is 15.5. The Balaban J connectivity index is 1.35. The number of likely N-dealkylation sites (N-methyl/N-ethyl adjacent to an activating group) is 1. The lowest BCUT2D eigenvalue weighted by atomic mass is 9.54. The number of thioether (sulfide) groups is 1. The third-order valence-corrected chi connectivity index (χ3v) is 11.8. The largest absolute Gasteiger partial charge is 0.508 e. The molecule has 1 aromatic carbocycles. The summed E-state index contributed by atoms with van der Waals surface area (Å²) in [5.41, 5.74) is 1.46. The second kappa shape index (κ2) is 11.9. The number of esters is 1. The number of unbranched alkanes of at least 4 members (excludes halogenated alkanes) is 1. The molecule has 0 spiro atoms. The summed E-state index contributed by atoms with van der Waals surface area (Å²) in [5, 5.41) is 51.6. The van der Waals surface area contributed by atoms with Crippen molar-refractivity contribution in [1.29, 1.82) is 0 Å². The van der Waals surface area contributed by atoms with Gasteiger partial charge in [-0.05, 0) is 44.5 Å². The summed E-state index contributed by atoms with van der Waals surface area (Å²) < 4.78 is 6.08. The number of aliphatic hydroxyl groups excluding tert-OH is 2. The Kier molecular flexibility index (Phi) is 8.29. The molecule has 3 aliphatic carbocycles. The molecule has 8 N–H and O–H groups in total. The minimum atomic E-state index is -2.99. The van der Waals surface area contributed by atoms with Crippen molar-refractivity contribution in [3.63, 3.8) is 0 Å². The maximum Gasteiger partial charge on any atom is 0.315 e. The predicted octanol–water partition coefficient (Wildman–Crippen LogP) is 0.773. The minimum absolute atomic E-state index is 0.0164. The molecular formula is C32H38N4O10S. The highest BCUT2D eigenvalue weighted by Crippen LogP contribution is 2.57. The van der Waals surface area contributed by atoms with Gasteiger partial charge in [-0.1, -0.05) is 25.5 Å². The first-order chi connectivity index (χ1) is 22.2. The van der Waals surface area contributed by atoms with Gasteiger partial charge in [-0.25, -0.2) is 4.79 Å². The van der Waals surface area contributed by atoms with Crippen molar-refractivity contribution >= 4 is 47.0 Å². The number of aliphatic hydroxyl groups is 3. The van der Waals surface area contributed by atoms with Crippen molar-refractivity contribution in [2.24, 2.45) is 17.6 Å². The number of nitrogens with one attached hydrogen (secondary N) is 2. The summed E-state index contributed by atoms with van der Waals surface area (Å²) in [6.45, 7) is 1.71. The van der Waals surface area contributed by atoms with Gasteiger partial charge >= 0.3 is 12.0 Å². The monoisotopic (exact) mass is 670 g/mol. The fourth-order valence-corrected chi connectivity index (χ4v) is 9.70. The molecule has 2 aliphatic heterocycles. The van der Waals surface area contributed by atoms with Gasteiger partial charge in [-0.3, -0.25) is 24.1 Å². The summed E-state index contributed by atoms with van der Waals surface area (Å²) in [7, 11) is 2.95. The van der Waals surface area contributed by atoms with Crippen molar-refractivity contribution in [1.82, 2.24) is 15.5 Å². The lowest BCUT2D eigenvalue weighted by Gasteiger charge is -2.54. The van der Waals surface area contributed by atoms with Gasteiger partial charge in [-0.2, -0.15) is 11.8 Å². The number of primary amides is 1. The number of nitrogens with two attached hydrogens (primary N) is 1. The van der Waals surface area contributed by atoms with Crippen LogP contribution in [0.3, 0.4) is 0 Å². The zero-order valence-corrected chi connectivity index (χ0v) is 26.9. The van der Waals surface area contributed by atoms with Gasteiger partial charge in [0.25, 0.3) is 5.91 Å². The van der Waals surface area contributed by atoms with Crippen LogP contribution in [0, 0.1) is 11.8 Å². The normalized spacial score (nSPS) is 34.4. The number of amides is 3. The molecule has 1 aromatic rings. The summed E-state index contributed by atoms with van der Waals surface area (Å²) in [6.07, 6.45) is 0.308. The Labute approximate surface area is 274 Å². The number of urea groups is 1. The molecule has 5 aliphatic rings. The molecule has 9 unspecified atom stereocenters. The first kappa shape index (κ1) is 32.8. The predicted molar refractivity (Wildman–Crippen MR) is 168 cm³/mol. The molecule has 0 aromatic heterocycles. The number of carbonyl (C=O) groups excluding carboxylic acids is 5. The number of aromatic hydroxyl groups is 1. The summed E-state index contributed by atoms with van der Waals surface area (Å²) in [4.78, 5) is 67.0. The molecule has 3 fully saturated rings. The number of hydrogen-bond acceptors (Lipinski definition) is 12. The summed E-state index contributed by atoms with van der Waals surface area (Å²) >= 11 is 1.75. The maximum atomic E-state index is 14.3. The van der Waals surface area contributed by atoms with Crippen LogP contribution >= 0.6 is 11.8 Å². The summed E-state index contributed by atoms with van der Waals surface area (Å²) in [5.74, 6) is -9.09. The SMILES string of the molecule is CC1c2cccc(O)c2C(O)=C2C(=O)C3(O)C(O)=C(C(N)=O)C(=O)C(N(C)C)C3C(OC(=O)CCCCC3SCC4NC(=O)NC43)C21. The van der Waals surface area contributed by atoms with Gasteiger partial charge in [-0.15, -0.1) is 0 Å². The highest BCUT2D eigenvalue weighted by Gasteiger charge is 2.69. The average Bonchev–Trinajstić information content (AvgIpc) is 3.55. The molecule has 0 bridgehead atoms. The Morgan fingerprint density at radius 1 is 1.13 bits per heavy atom. The zero-order valence-electron chi connectivity index (χ0n) is 26.1. The fourth-order valence-electron chi connectivity index (χ4n) is 8.16. The van der Waals surface area contributed by atoms with E-state index >= 15 is 0 Å². The molecule has 47 heavy (non-hydrogen) atoms. The fraction of sp³-hybridized carbons (Fsp3) is 0.531. The highest BCUT2D eigenvalue weighted by atomic mass is 32.2. The van der Waals surface area contributed by atoms with Crippen LogP contribution in [0.4, 0.5) is 4.79 Å². The Hall–Kier alpha value is -4.08. The second-order valence-corrected chi connectivity index (χ2v) is 14.4. The lowest BCUT2D eigenvalue weighted by Crippen LogP contribution is -2.71. The Bertz CT molecular complexity index is 1640. The van der Waals surface area contributed by atoms with Gasteiger partial charge < -0.3 is 41.5 Å². The number of benzene rings is 1. The van der Waals surface area contributed by atoms with Crippen molar-refractivity contribution < 1.29 is 49.1 Å². The zero-order chi connectivity index (χ0) is 34.1. The second-order valence-electron chi connectivity index (χ2n) is 13.1. The Morgan fingerprint density at radius 2 is 1.85 bits per heavy atom. The van der Waals surface area contributed by atoms with E-state index in [-0.39, 0.29) is 41.1 Å². The number of ether oxygens (including phenoxy) is 1. The molecule has 2 saturated heterocycles. The third-order valence-electron chi connectivity index (χ3n) is 10.3. The number of ketones is 2. The Morgan fingerprint density at radius 3 is 2.53 bits per heavy atom. The molecule has 3 amide bonds. The maximum absolute atomic E-state index is 14.3. The number of Topliss-reactive ketones (excluding diaryl/α,β-unsaturated/α-hetero) is 2. The van der Waals surface area contributed by atoms with Gasteiger partial charge in [0.1, 0.15) is 28.9 Å². The number of phenolic OH excluding ortho intramolecular Hbond substituents is 1. The number of nitrogens with zero attached hydrogens (tertiary/aromatic N) is 1. The number of hydrogen-bond donors (Lipinski definition) is 7. The van der Waals surface area contributed by atoms with E-state index in [0.717, 1.165) is 12.2 Å². The van der Waals surface area contributed by atoms with Crippen molar-refractivity contribution in [2.75, 3.05) is 19.8 Å². The molecule has 252 valence electrons. The van der Waals surface area contributed by atoms with E-state index in [4.69, 9.17) is 10.5 Å². The van der Waals surface area contributed by atoms with Crippen LogP contribution in [0.15, 0.2) is 35.1 Å². The van der Waals surface area contributed by atoms with Crippen LogP contribution in [0.25, 0.3) is 5.76 Å². The van der Waals surface area contributed by atoms with E-state index in [9.17, 15) is 44.4 Å². The van der Waals surface area contributed by atoms with E-state index in [1.54, 1.807) is 30.8 Å². The molecule has 15 heteroatoms. The molecule has 9 atom stereocenters. The van der Waals surface area contributed by atoms with E-state index in [2.05, 4.69) is 10.6 Å². The smallest absolute Gasteiger partial charge is 0.315 e. The average molecular weight is 671 g/mol. The number of phenols is 1. The molecular weight excluding hydrogens is 632 g/mol. The first-order valence-corrected chi connectivity index (χ1v) is 16.6. The molecule has 2 heterocycles. The van der Waals surface area contributed by atoms with E-state index in [1.165, 1.54) is 25.1 Å². The van der Waals surface area contributed by atoms with Crippen LogP contribution in [0.1, 0.15) is 49.7 Å². The van der Waals surface area contributed by atoms with E-state index in [1.807, 2.05) is 0 Å². The molecule has 1 saturated carbocycles. The number of rotatable bonds is 8. The standard InChI is InChI=1S/C32H38N4O10S/c1-12-13-7-6-8-15(37)19(13)25(39)20-18(12)27(46-17(38)10-5-4-9-16-23-14(11-47-16)34-31(44)35-23)22-24(36(2)3)26(40)21(30(33)43)29(42)32(22,45)28(20)41/h6-8,12,14,16,18,22-24,27,37,39,42,45H,4-5,9-11H2,1-3H3,(H2,33,43)(H2,34,35,44). The van der Waals surface area contributed by atoms with Crippen molar-refractivity contribution in [3.8, 4) is 5.75 Å². The van der Waals surface area contributed by atoms with Crippen LogP contribution < -0.4 is 16.4 Å². The van der Waals surface area contributed by atoms with Crippen LogP contribution in [0.2, 0.25) is 0 Å². The molecule has 6 rings (SSSR count). The van der Waals surface area contributed by atoms with E-state index in [0.29, 0.717) is 18.4 Å². The van der Waals surface area contributed by atoms with Gasteiger partial charge in [0, 0.05) is 28.9 Å². The highest BCUT2D eigenvalue weighted by molar-refractivity contribution is 8.00. The van der Waals surface area contributed by atoms with E-state index < -0.39 is 81.6 Å². The molecule has 14 nitrogen and oxygen atoms in total. The minimum Gasteiger partial charge on any atom is -0.508 e. The van der Waals surface area contributed by atoms with Crippen molar-refractivity contribution in [3.05, 3.63) is 46.2 Å². The van der Waals surface area contributed by atoms with Crippen LogP contribution in [-0.2, 0) is 23.9 Å². The summed E-state index contributed by atoms with van der Waals surface area (Å²) in [6, 6.07) is 2.98. The van der Waals surface area contributed by atoms with Gasteiger partial charge in [0.05, 0.1) is 29.6 Å².